The van der Waals surface area contributed by atoms with Gasteiger partial charge in [0.15, 0.2) is 0 Å². The van der Waals surface area contributed by atoms with Crippen molar-refractivity contribution in [3.8, 4) is 17.3 Å². The second-order valence-electron chi connectivity index (χ2n) is 10.0. The highest BCUT2D eigenvalue weighted by atomic mass is 16.5. The second-order valence-corrected chi connectivity index (χ2v) is 10.0. The molecule has 8 bridgehead atoms. The van der Waals surface area contributed by atoms with Gasteiger partial charge in [-0.05, 0) is 67.1 Å². The lowest BCUT2D eigenvalue weighted by molar-refractivity contribution is 0.397. The Bertz CT molecular complexity index is 1700. The lowest BCUT2D eigenvalue weighted by Crippen LogP contribution is -2.26. The standard InChI is InChI=1S/C31H26N4O/c1-4-21-9-10-22-11-12-23-5-3-15-33-16-17-34(20-33)24-6-2-7-25(18-24)36-26-13-14-27-28(8-1)30(21)35(29(27)19-26)31(22)32-23/h1-2,4,6-8,11-14,16-19H,3,5,9-10,15,20H2. The maximum atomic E-state index is 6.44. The molecule has 3 aromatic carbocycles. The Morgan fingerprint density at radius 3 is 2.67 bits per heavy atom. The molecule has 2 aromatic heterocycles. The van der Waals surface area contributed by atoms with Crippen LogP contribution in [0.2, 0.25) is 0 Å². The highest BCUT2D eigenvalue weighted by molar-refractivity contribution is 6.10. The van der Waals surface area contributed by atoms with Gasteiger partial charge < -0.3 is 14.5 Å². The molecular formula is C31H26N4O. The predicted octanol–water partition coefficient (Wildman–Crippen LogP) is 6.57. The van der Waals surface area contributed by atoms with E-state index in [1.54, 1.807) is 0 Å². The Morgan fingerprint density at radius 1 is 0.750 bits per heavy atom. The first-order valence-corrected chi connectivity index (χ1v) is 12.8. The van der Waals surface area contributed by atoms with Crippen LogP contribution in [0, 0.1) is 0 Å². The zero-order valence-corrected chi connectivity index (χ0v) is 20.0. The van der Waals surface area contributed by atoms with Gasteiger partial charge in [0.1, 0.15) is 17.3 Å². The maximum absolute atomic E-state index is 6.44. The lowest BCUT2D eigenvalue weighted by atomic mass is 10.0. The third-order valence-electron chi connectivity index (χ3n) is 7.79. The lowest BCUT2D eigenvalue weighted by Gasteiger charge is -2.21. The summed E-state index contributed by atoms with van der Waals surface area (Å²) in [4.78, 5) is 9.92. The van der Waals surface area contributed by atoms with Gasteiger partial charge in [0.05, 0.1) is 17.7 Å². The van der Waals surface area contributed by atoms with Crippen molar-refractivity contribution in [1.82, 2.24) is 14.5 Å². The molecule has 0 unspecified atom stereocenters. The van der Waals surface area contributed by atoms with E-state index < -0.39 is 0 Å². The number of anilines is 1. The number of hydrogen-bond acceptors (Lipinski definition) is 4. The van der Waals surface area contributed by atoms with E-state index in [0.717, 1.165) is 73.1 Å². The van der Waals surface area contributed by atoms with E-state index in [0.29, 0.717) is 0 Å². The molecule has 0 radical (unpaired) electrons. The predicted molar refractivity (Wildman–Crippen MR) is 144 cm³/mol. The molecule has 0 atom stereocenters. The fourth-order valence-electron chi connectivity index (χ4n) is 6.02. The van der Waals surface area contributed by atoms with Gasteiger partial charge >= 0.3 is 0 Å². The van der Waals surface area contributed by atoms with Gasteiger partial charge in [0, 0.05) is 53.2 Å². The van der Waals surface area contributed by atoms with E-state index in [4.69, 9.17) is 9.72 Å². The van der Waals surface area contributed by atoms with E-state index in [1.165, 1.54) is 27.4 Å². The SMILES string of the molecule is C1=CN2CN1CCCc1ccc3c(n1)-n1c4cc(ccc4c4cccc(c41)CC3)Oc1cccc2c1. The van der Waals surface area contributed by atoms with Crippen LogP contribution in [-0.2, 0) is 19.3 Å². The molecule has 8 rings (SSSR count). The van der Waals surface area contributed by atoms with Crippen LogP contribution in [0.5, 0.6) is 11.5 Å². The van der Waals surface area contributed by atoms with E-state index in [1.807, 2.05) is 6.07 Å². The quantitative estimate of drug-likeness (QED) is 0.256. The fourth-order valence-corrected chi connectivity index (χ4v) is 6.02. The van der Waals surface area contributed by atoms with Crippen molar-refractivity contribution in [2.24, 2.45) is 0 Å². The Kier molecular flexibility index (Phi) is 4.23. The van der Waals surface area contributed by atoms with Gasteiger partial charge in [-0.2, -0.15) is 0 Å². The topological polar surface area (TPSA) is 33.5 Å². The summed E-state index contributed by atoms with van der Waals surface area (Å²) in [6, 6.07) is 26.1. The molecule has 0 fully saturated rings. The highest BCUT2D eigenvalue weighted by Crippen LogP contribution is 2.39. The monoisotopic (exact) mass is 470 g/mol. The summed E-state index contributed by atoms with van der Waals surface area (Å²) in [6.07, 6.45) is 8.40. The molecule has 0 amide bonds. The van der Waals surface area contributed by atoms with Gasteiger partial charge in [-0.1, -0.05) is 30.3 Å². The third kappa shape index (κ3) is 3.05. The number of ether oxygens (including phenoxy) is 1. The number of aromatic nitrogens is 2. The number of pyridine rings is 1. The van der Waals surface area contributed by atoms with Crippen LogP contribution in [0.1, 0.15) is 23.2 Å². The molecule has 5 heteroatoms. The summed E-state index contributed by atoms with van der Waals surface area (Å²) < 4.78 is 8.84. The zero-order chi connectivity index (χ0) is 23.6. The van der Waals surface area contributed by atoms with Crippen LogP contribution in [0.4, 0.5) is 5.69 Å². The second kappa shape index (κ2) is 7.62. The van der Waals surface area contributed by atoms with Crippen molar-refractivity contribution in [3.05, 3.63) is 102 Å². The minimum Gasteiger partial charge on any atom is -0.457 e. The molecule has 176 valence electrons. The number of aryl methyl sites for hydroxylation is 3. The molecule has 0 aliphatic carbocycles. The van der Waals surface area contributed by atoms with Crippen LogP contribution in [0.25, 0.3) is 27.6 Å². The molecule has 5 heterocycles. The first-order chi connectivity index (χ1) is 17.8. The summed E-state index contributed by atoms with van der Waals surface area (Å²) in [5, 5.41) is 2.53. The van der Waals surface area contributed by atoms with Gasteiger partial charge in [-0.3, -0.25) is 4.57 Å². The number of nitrogens with zero attached hydrogens (tertiary/aromatic N) is 4. The van der Waals surface area contributed by atoms with Crippen LogP contribution < -0.4 is 9.64 Å². The molecule has 5 nitrogen and oxygen atoms in total. The van der Waals surface area contributed by atoms with Gasteiger partial charge in [-0.15, -0.1) is 0 Å². The van der Waals surface area contributed by atoms with Crippen molar-refractivity contribution < 1.29 is 4.74 Å². The molecule has 0 saturated carbocycles. The number of rotatable bonds is 0. The average Bonchev–Trinajstić information content (AvgIpc) is 3.46. The normalized spacial score (nSPS) is 16.2. The van der Waals surface area contributed by atoms with E-state index in [9.17, 15) is 0 Å². The minimum absolute atomic E-state index is 0.838. The van der Waals surface area contributed by atoms with Gasteiger partial charge in [0.2, 0.25) is 0 Å². The van der Waals surface area contributed by atoms with Crippen LogP contribution in [0.3, 0.4) is 0 Å². The molecule has 5 aromatic rings. The highest BCUT2D eigenvalue weighted by Gasteiger charge is 2.23. The molecule has 0 spiro atoms. The molecular weight excluding hydrogens is 444 g/mol. The largest absolute Gasteiger partial charge is 0.457 e. The molecule has 0 saturated heterocycles. The van der Waals surface area contributed by atoms with Crippen LogP contribution in [-0.4, -0.2) is 27.7 Å². The summed E-state index contributed by atoms with van der Waals surface area (Å²) in [7, 11) is 0. The molecule has 3 aliphatic heterocycles. The summed E-state index contributed by atoms with van der Waals surface area (Å²) >= 11 is 0. The Hall–Kier alpha value is -4.25. The summed E-state index contributed by atoms with van der Waals surface area (Å²) in [5.74, 6) is 2.76. The zero-order valence-electron chi connectivity index (χ0n) is 20.0. The first kappa shape index (κ1) is 20.0. The number of benzene rings is 3. The molecule has 36 heavy (non-hydrogen) atoms. The number of hydrogen-bond donors (Lipinski definition) is 0. The van der Waals surface area contributed by atoms with Gasteiger partial charge in [-0.25, -0.2) is 4.98 Å². The number of fused-ring (bicyclic) bond motifs is 8. The van der Waals surface area contributed by atoms with Crippen molar-refractivity contribution in [2.75, 3.05) is 18.1 Å². The molecule has 3 aliphatic rings. The first-order valence-electron chi connectivity index (χ1n) is 12.8. The van der Waals surface area contributed by atoms with Crippen molar-refractivity contribution in [3.63, 3.8) is 0 Å². The van der Waals surface area contributed by atoms with Crippen molar-refractivity contribution >= 4 is 27.5 Å². The summed E-state index contributed by atoms with van der Waals surface area (Å²) in [5.41, 5.74) is 7.43. The smallest absolute Gasteiger partial charge is 0.141 e. The third-order valence-corrected chi connectivity index (χ3v) is 7.79. The Morgan fingerprint density at radius 2 is 1.67 bits per heavy atom. The van der Waals surface area contributed by atoms with E-state index in [-0.39, 0.29) is 0 Å². The number of para-hydroxylation sites is 1. The van der Waals surface area contributed by atoms with Crippen LogP contribution >= 0.6 is 0 Å². The fraction of sp³-hybridized carbons (Fsp3) is 0.194. The van der Waals surface area contributed by atoms with Crippen molar-refractivity contribution in [2.45, 2.75) is 25.7 Å². The summed E-state index contributed by atoms with van der Waals surface area (Å²) in [6.45, 7) is 1.86. The van der Waals surface area contributed by atoms with E-state index >= 15 is 0 Å². The van der Waals surface area contributed by atoms with Gasteiger partial charge in [0.25, 0.3) is 0 Å². The Balaban J connectivity index is 1.38. The van der Waals surface area contributed by atoms with E-state index in [2.05, 4.69) is 93.5 Å². The Labute approximate surface area is 209 Å². The minimum atomic E-state index is 0.838. The van der Waals surface area contributed by atoms with Crippen molar-refractivity contribution in [1.29, 1.82) is 0 Å². The maximum Gasteiger partial charge on any atom is 0.141 e. The molecule has 0 N–H and O–H groups in total. The van der Waals surface area contributed by atoms with Crippen LogP contribution in [0.15, 0.2) is 85.2 Å². The average molecular weight is 471 g/mol.